The molecule has 11 unspecified atom stereocenters. The Morgan fingerprint density at radius 1 is 1.21 bits per heavy atom. The van der Waals surface area contributed by atoms with Crippen LogP contribution < -0.4 is 0 Å². The minimum absolute atomic E-state index is 0.0418. The van der Waals surface area contributed by atoms with Gasteiger partial charge in [0.25, 0.3) is 0 Å². The largest absolute Gasteiger partial charge is 0.393 e. The summed E-state index contributed by atoms with van der Waals surface area (Å²) in [6.07, 6.45) is 11.1. The highest BCUT2D eigenvalue weighted by Gasteiger charge is 2.84. The summed E-state index contributed by atoms with van der Waals surface area (Å²) in [5.41, 5.74) is 2.74. The van der Waals surface area contributed by atoms with Crippen LogP contribution in [0.1, 0.15) is 92.9 Å². The third-order valence-corrected chi connectivity index (χ3v) is 11.4. The second-order valence-corrected chi connectivity index (χ2v) is 13.4. The minimum Gasteiger partial charge on any atom is -0.393 e. The van der Waals surface area contributed by atoms with E-state index in [-0.39, 0.29) is 46.6 Å². The van der Waals surface area contributed by atoms with E-state index >= 15 is 0 Å². The molecule has 4 nitrogen and oxygen atoms in total. The first-order valence-corrected chi connectivity index (χ1v) is 14.2. The molecular formula is C30H46O4. The summed E-state index contributed by atoms with van der Waals surface area (Å²) >= 11 is 0. The van der Waals surface area contributed by atoms with Gasteiger partial charge in [-0.1, -0.05) is 52.3 Å². The summed E-state index contributed by atoms with van der Waals surface area (Å²) in [4.78, 5) is 0. The van der Waals surface area contributed by atoms with Crippen LogP contribution in [0, 0.1) is 34.5 Å². The molecule has 34 heavy (non-hydrogen) atoms. The molecular weight excluding hydrogens is 424 g/mol. The normalized spacial score (nSPS) is 54.7. The first-order valence-electron chi connectivity index (χ1n) is 14.2. The lowest BCUT2D eigenvalue weighted by Gasteiger charge is -2.41. The van der Waals surface area contributed by atoms with Gasteiger partial charge in [0.15, 0.2) is 6.29 Å². The van der Waals surface area contributed by atoms with Gasteiger partial charge in [0.2, 0.25) is 0 Å². The summed E-state index contributed by atoms with van der Waals surface area (Å²) in [6.45, 7) is 18.1. The van der Waals surface area contributed by atoms with Crippen LogP contribution in [0.2, 0.25) is 0 Å². The number of hydrogen-bond donors (Lipinski definition) is 1. The van der Waals surface area contributed by atoms with Crippen molar-refractivity contribution < 1.29 is 19.3 Å². The number of fused-ring (bicyclic) bond motifs is 1. The lowest BCUT2D eigenvalue weighted by Crippen LogP contribution is -2.46. The molecule has 0 aromatic heterocycles. The zero-order chi connectivity index (χ0) is 24.3. The summed E-state index contributed by atoms with van der Waals surface area (Å²) in [6, 6.07) is 0. The Morgan fingerprint density at radius 3 is 2.56 bits per heavy atom. The molecule has 0 aromatic rings. The van der Waals surface area contributed by atoms with Crippen LogP contribution in [0.5, 0.6) is 0 Å². The van der Waals surface area contributed by atoms with Gasteiger partial charge in [0.1, 0.15) is 5.60 Å². The lowest BCUT2D eigenvalue weighted by atomic mass is 9.60. The highest BCUT2D eigenvalue weighted by atomic mass is 16.7. The molecule has 6 rings (SSSR count). The van der Waals surface area contributed by atoms with Crippen molar-refractivity contribution in [2.24, 2.45) is 34.5 Å². The SMILES string of the molecule is C=C(CCC1(C)OC2OC3CC1C2(CCC)C3C1(C2=CC23CCC(O)CC3C)OC1C)C(C)C. The molecule has 3 aliphatic heterocycles. The van der Waals surface area contributed by atoms with E-state index in [1.165, 1.54) is 5.57 Å². The van der Waals surface area contributed by atoms with E-state index in [1.54, 1.807) is 5.57 Å². The van der Waals surface area contributed by atoms with E-state index in [1.807, 2.05) is 0 Å². The third-order valence-electron chi connectivity index (χ3n) is 11.4. The molecule has 2 bridgehead atoms. The van der Waals surface area contributed by atoms with Gasteiger partial charge in [-0.2, -0.15) is 0 Å². The van der Waals surface area contributed by atoms with Gasteiger partial charge < -0.3 is 19.3 Å². The van der Waals surface area contributed by atoms with Crippen LogP contribution in [0.4, 0.5) is 0 Å². The average Bonchev–Trinajstić information content (AvgIpc) is 3.59. The quantitative estimate of drug-likeness (QED) is 0.340. The van der Waals surface area contributed by atoms with Crippen molar-refractivity contribution in [3.05, 3.63) is 23.8 Å². The molecule has 3 saturated heterocycles. The smallest absolute Gasteiger partial charge is 0.165 e. The highest BCUT2D eigenvalue weighted by Crippen LogP contribution is 2.79. The molecule has 1 N–H and O–H groups in total. The molecule has 5 fully saturated rings. The van der Waals surface area contributed by atoms with E-state index in [2.05, 4.69) is 54.2 Å². The molecule has 0 amide bonds. The standard InChI is InChI=1S/C30H46O4/c1-8-11-29-23-15-22(32-26(29)34-27(23,7)12-9-18(4)17(2)3)25(29)30(20(6)33-30)24-16-28(24)13-10-21(31)14-19(28)5/h16-17,19-23,25-26,31H,4,8-15H2,1-3,5-7H3. The predicted molar refractivity (Wildman–Crippen MR) is 133 cm³/mol. The fraction of sp³-hybridized carbons (Fsp3) is 0.867. The van der Waals surface area contributed by atoms with Crippen LogP contribution in [0.3, 0.4) is 0 Å². The van der Waals surface area contributed by atoms with E-state index < -0.39 is 0 Å². The van der Waals surface area contributed by atoms with Gasteiger partial charge in [-0.3, -0.25) is 0 Å². The maximum Gasteiger partial charge on any atom is 0.165 e. The van der Waals surface area contributed by atoms with Crippen LogP contribution in [0.25, 0.3) is 0 Å². The Bertz CT molecular complexity index is 909. The molecule has 0 radical (unpaired) electrons. The first-order chi connectivity index (χ1) is 16.0. The summed E-state index contributed by atoms with van der Waals surface area (Å²) in [5.74, 6) is 1.90. The third kappa shape index (κ3) is 2.86. The van der Waals surface area contributed by atoms with Crippen molar-refractivity contribution in [3.63, 3.8) is 0 Å². The molecule has 4 heteroatoms. The summed E-state index contributed by atoms with van der Waals surface area (Å²) in [7, 11) is 0. The summed E-state index contributed by atoms with van der Waals surface area (Å²) < 4.78 is 20.4. The van der Waals surface area contributed by atoms with Crippen molar-refractivity contribution in [1.82, 2.24) is 0 Å². The average molecular weight is 471 g/mol. The Hall–Kier alpha value is -0.680. The van der Waals surface area contributed by atoms with E-state index in [9.17, 15) is 5.11 Å². The molecule has 1 spiro atoms. The number of hydrogen-bond acceptors (Lipinski definition) is 4. The van der Waals surface area contributed by atoms with Crippen molar-refractivity contribution in [3.8, 4) is 0 Å². The highest BCUT2D eigenvalue weighted by molar-refractivity contribution is 5.53. The molecule has 0 aromatic carbocycles. The zero-order valence-corrected chi connectivity index (χ0v) is 22.2. The Morgan fingerprint density at radius 2 is 1.94 bits per heavy atom. The van der Waals surface area contributed by atoms with Gasteiger partial charge in [-0.25, -0.2) is 0 Å². The van der Waals surface area contributed by atoms with Crippen LogP contribution in [-0.4, -0.2) is 40.9 Å². The van der Waals surface area contributed by atoms with Gasteiger partial charge in [0, 0.05) is 22.7 Å². The van der Waals surface area contributed by atoms with Crippen molar-refractivity contribution in [1.29, 1.82) is 0 Å². The van der Waals surface area contributed by atoms with Crippen molar-refractivity contribution in [2.45, 2.75) is 129 Å². The monoisotopic (exact) mass is 470 g/mol. The summed E-state index contributed by atoms with van der Waals surface area (Å²) in [5, 5.41) is 10.3. The van der Waals surface area contributed by atoms with E-state index in [4.69, 9.17) is 14.2 Å². The minimum atomic E-state index is -0.184. The molecule has 3 aliphatic carbocycles. The molecule has 190 valence electrons. The second-order valence-electron chi connectivity index (χ2n) is 13.4. The molecule has 2 saturated carbocycles. The molecule has 3 heterocycles. The number of aliphatic hydroxyl groups is 1. The Balaban J connectivity index is 1.32. The van der Waals surface area contributed by atoms with E-state index in [0.29, 0.717) is 23.7 Å². The van der Waals surface area contributed by atoms with Crippen LogP contribution in [-0.2, 0) is 14.2 Å². The van der Waals surface area contributed by atoms with Gasteiger partial charge >= 0.3 is 0 Å². The Kier molecular flexibility index (Phi) is 5.18. The van der Waals surface area contributed by atoms with Crippen molar-refractivity contribution >= 4 is 0 Å². The Labute approximate surface area is 206 Å². The number of epoxide rings is 1. The molecule has 11 atom stereocenters. The predicted octanol–water partition coefficient (Wildman–Crippen LogP) is 6.18. The first kappa shape index (κ1) is 23.7. The number of aliphatic hydroxyl groups excluding tert-OH is 1. The van der Waals surface area contributed by atoms with Gasteiger partial charge in [0.05, 0.1) is 23.9 Å². The fourth-order valence-corrected chi connectivity index (χ4v) is 9.38. The number of rotatable bonds is 8. The van der Waals surface area contributed by atoms with Gasteiger partial charge in [-0.05, 0) is 76.2 Å². The van der Waals surface area contributed by atoms with Crippen LogP contribution in [0.15, 0.2) is 23.8 Å². The maximum atomic E-state index is 10.3. The lowest BCUT2D eigenvalue weighted by molar-refractivity contribution is -0.172. The topological polar surface area (TPSA) is 51.2 Å². The van der Waals surface area contributed by atoms with E-state index in [0.717, 1.165) is 51.4 Å². The zero-order valence-electron chi connectivity index (χ0n) is 22.2. The number of allylic oxidation sites excluding steroid dienone is 2. The number of ether oxygens (including phenoxy) is 3. The van der Waals surface area contributed by atoms with Crippen molar-refractivity contribution in [2.75, 3.05) is 0 Å². The fourth-order valence-electron chi connectivity index (χ4n) is 9.38. The van der Waals surface area contributed by atoms with Gasteiger partial charge in [-0.15, -0.1) is 0 Å². The maximum absolute atomic E-state index is 10.3. The molecule has 6 aliphatic rings. The second kappa shape index (κ2) is 7.43. The van der Waals surface area contributed by atoms with Crippen LogP contribution >= 0.6 is 0 Å².